The smallest absolute Gasteiger partial charge is 0.237 e. The molecule has 2 aromatic carbocycles. The third-order valence-electron chi connectivity index (χ3n) is 4.76. The number of thioether (sulfide) groups is 1. The molecule has 0 saturated heterocycles. The van der Waals surface area contributed by atoms with Gasteiger partial charge in [-0.1, -0.05) is 29.5 Å². The van der Waals surface area contributed by atoms with Crippen LogP contribution in [-0.4, -0.2) is 33.0 Å². The first-order valence-corrected chi connectivity index (χ1v) is 10.3. The van der Waals surface area contributed by atoms with Gasteiger partial charge in [-0.25, -0.2) is 0 Å². The molecule has 0 unspecified atom stereocenters. The van der Waals surface area contributed by atoms with Crippen molar-refractivity contribution in [2.24, 2.45) is 7.05 Å². The zero-order valence-electron chi connectivity index (χ0n) is 17.6. The summed E-state index contributed by atoms with van der Waals surface area (Å²) in [5.74, 6) is 1.48. The third-order valence-corrected chi connectivity index (χ3v) is 5.89. The number of ether oxygens (including phenoxy) is 1. The van der Waals surface area contributed by atoms with Gasteiger partial charge in [-0.3, -0.25) is 4.79 Å². The Balaban J connectivity index is 1.73. The number of methoxy groups -OCH3 is 1. The van der Waals surface area contributed by atoms with Crippen molar-refractivity contribution in [2.45, 2.75) is 38.1 Å². The van der Waals surface area contributed by atoms with Crippen molar-refractivity contribution in [2.75, 3.05) is 12.4 Å². The Morgan fingerprint density at radius 2 is 1.72 bits per heavy atom. The SMILES string of the molecule is COc1ccc(-c2nnc(S[C@@H](C)C(=O)Nc3c(C)cc(C)cc3C)n2C)cc1. The van der Waals surface area contributed by atoms with Crippen LogP contribution < -0.4 is 10.1 Å². The molecule has 0 aliphatic rings. The summed E-state index contributed by atoms with van der Waals surface area (Å²) in [5.41, 5.74) is 5.13. The Bertz CT molecular complexity index is 1000. The number of hydrogen-bond acceptors (Lipinski definition) is 5. The van der Waals surface area contributed by atoms with Crippen molar-refractivity contribution in [1.29, 1.82) is 0 Å². The van der Waals surface area contributed by atoms with Crippen LogP contribution in [0.15, 0.2) is 41.6 Å². The molecule has 1 N–H and O–H groups in total. The fraction of sp³-hybridized carbons (Fsp3) is 0.318. The first-order valence-electron chi connectivity index (χ1n) is 9.39. The third kappa shape index (κ3) is 4.62. The second kappa shape index (κ2) is 8.69. The lowest BCUT2D eigenvalue weighted by molar-refractivity contribution is -0.115. The molecule has 3 aromatic rings. The molecule has 29 heavy (non-hydrogen) atoms. The highest BCUT2D eigenvalue weighted by atomic mass is 32.2. The van der Waals surface area contributed by atoms with E-state index in [2.05, 4.69) is 34.6 Å². The van der Waals surface area contributed by atoms with Crippen molar-refractivity contribution >= 4 is 23.4 Å². The summed E-state index contributed by atoms with van der Waals surface area (Å²) in [6.45, 7) is 7.95. The molecule has 1 amide bonds. The number of carbonyl (C=O) groups is 1. The Hall–Kier alpha value is -2.80. The van der Waals surface area contributed by atoms with Gasteiger partial charge in [0.2, 0.25) is 5.91 Å². The van der Waals surface area contributed by atoms with E-state index in [1.165, 1.54) is 17.3 Å². The second-order valence-electron chi connectivity index (χ2n) is 7.12. The van der Waals surface area contributed by atoms with Gasteiger partial charge in [0.1, 0.15) is 5.75 Å². The number of rotatable bonds is 6. The first-order chi connectivity index (χ1) is 13.8. The number of nitrogens with zero attached hydrogens (tertiary/aromatic N) is 3. The van der Waals surface area contributed by atoms with Crippen LogP contribution in [-0.2, 0) is 11.8 Å². The van der Waals surface area contributed by atoms with E-state index in [0.29, 0.717) is 5.16 Å². The maximum atomic E-state index is 12.8. The molecular formula is C22H26N4O2S. The Morgan fingerprint density at radius 1 is 1.10 bits per heavy atom. The number of benzene rings is 2. The summed E-state index contributed by atoms with van der Waals surface area (Å²) in [7, 11) is 3.54. The van der Waals surface area contributed by atoms with Gasteiger partial charge in [0.05, 0.1) is 12.4 Å². The number of aryl methyl sites for hydroxylation is 3. The summed E-state index contributed by atoms with van der Waals surface area (Å²) in [4.78, 5) is 12.8. The summed E-state index contributed by atoms with van der Waals surface area (Å²) >= 11 is 1.39. The Kier molecular flexibility index (Phi) is 6.27. The number of anilines is 1. The lowest BCUT2D eigenvalue weighted by Crippen LogP contribution is -2.23. The van der Waals surface area contributed by atoms with E-state index in [-0.39, 0.29) is 11.2 Å². The largest absolute Gasteiger partial charge is 0.497 e. The monoisotopic (exact) mass is 410 g/mol. The molecule has 7 heteroatoms. The van der Waals surface area contributed by atoms with Gasteiger partial charge in [-0.2, -0.15) is 0 Å². The summed E-state index contributed by atoms with van der Waals surface area (Å²) < 4.78 is 7.10. The van der Waals surface area contributed by atoms with Gasteiger partial charge in [0, 0.05) is 18.3 Å². The van der Waals surface area contributed by atoms with Crippen LogP contribution in [0.1, 0.15) is 23.6 Å². The average Bonchev–Trinajstić information content (AvgIpc) is 3.04. The van der Waals surface area contributed by atoms with Crippen LogP contribution in [0.4, 0.5) is 5.69 Å². The van der Waals surface area contributed by atoms with Gasteiger partial charge in [-0.05, 0) is 63.1 Å². The van der Waals surface area contributed by atoms with Crippen molar-refractivity contribution in [3.8, 4) is 17.1 Å². The van der Waals surface area contributed by atoms with Crippen molar-refractivity contribution in [1.82, 2.24) is 14.8 Å². The molecule has 152 valence electrons. The lowest BCUT2D eigenvalue weighted by Gasteiger charge is -2.16. The van der Waals surface area contributed by atoms with Crippen LogP contribution in [0.25, 0.3) is 11.4 Å². The van der Waals surface area contributed by atoms with Crippen LogP contribution in [0, 0.1) is 20.8 Å². The van der Waals surface area contributed by atoms with Crippen LogP contribution in [0.3, 0.4) is 0 Å². The number of hydrogen-bond donors (Lipinski definition) is 1. The number of carbonyl (C=O) groups excluding carboxylic acids is 1. The minimum Gasteiger partial charge on any atom is -0.497 e. The maximum absolute atomic E-state index is 12.8. The maximum Gasteiger partial charge on any atom is 0.237 e. The van der Waals surface area contributed by atoms with Gasteiger partial charge in [0.25, 0.3) is 0 Å². The van der Waals surface area contributed by atoms with Gasteiger partial charge in [0.15, 0.2) is 11.0 Å². The van der Waals surface area contributed by atoms with E-state index in [0.717, 1.165) is 34.0 Å². The average molecular weight is 411 g/mol. The van der Waals surface area contributed by atoms with Crippen molar-refractivity contribution in [3.05, 3.63) is 53.1 Å². The molecule has 0 spiro atoms. The molecular weight excluding hydrogens is 384 g/mol. The predicted molar refractivity (Wildman–Crippen MR) is 118 cm³/mol. The van der Waals surface area contributed by atoms with E-state index in [1.807, 2.05) is 56.7 Å². The molecule has 1 aromatic heterocycles. The molecule has 0 fully saturated rings. The van der Waals surface area contributed by atoms with Crippen LogP contribution in [0.2, 0.25) is 0 Å². The number of nitrogens with one attached hydrogen (secondary N) is 1. The highest BCUT2D eigenvalue weighted by molar-refractivity contribution is 8.00. The molecule has 0 radical (unpaired) electrons. The van der Waals surface area contributed by atoms with E-state index in [9.17, 15) is 4.79 Å². The zero-order valence-corrected chi connectivity index (χ0v) is 18.4. The Labute approximate surface area is 175 Å². The predicted octanol–water partition coefficient (Wildman–Crippen LogP) is 4.54. The number of aromatic nitrogens is 3. The fourth-order valence-corrected chi connectivity index (χ4v) is 4.04. The molecule has 0 bridgehead atoms. The number of amides is 1. The van der Waals surface area contributed by atoms with E-state index < -0.39 is 0 Å². The molecule has 3 rings (SSSR count). The summed E-state index contributed by atoms with van der Waals surface area (Å²) in [6.07, 6.45) is 0. The molecule has 6 nitrogen and oxygen atoms in total. The van der Waals surface area contributed by atoms with Gasteiger partial charge < -0.3 is 14.6 Å². The Morgan fingerprint density at radius 3 is 2.31 bits per heavy atom. The standard InChI is InChI=1S/C22H26N4O2S/c1-13-11-14(2)19(15(3)12-13)23-21(27)16(4)29-22-25-24-20(26(22)5)17-7-9-18(28-6)10-8-17/h7-12,16H,1-6H3,(H,23,27)/t16-/m0/s1. The summed E-state index contributed by atoms with van der Waals surface area (Å²) in [6, 6.07) is 11.8. The normalized spacial score (nSPS) is 11.9. The van der Waals surface area contributed by atoms with Gasteiger partial charge in [-0.15, -0.1) is 10.2 Å². The zero-order chi connectivity index (χ0) is 21.1. The minimum atomic E-state index is -0.318. The minimum absolute atomic E-state index is 0.0564. The van der Waals surface area contributed by atoms with Gasteiger partial charge >= 0.3 is 0 Å². The van der Waals surface area contributed by atoms with E-state index in [4.69, 9.17) is 4.74 Å². The van der Waals surface area contributed by atoms with E-state index >= 15 is 0 Å². The van der Waals surface area contributed by atoms with Crippen LogP contribution >= 0.6 is 11.8 Å². The summed E-state index contributed by atoms with van der Waals surface area (Å²) in [5, 5.41) is 12.0. The first kappa shape index (κ1) is 20.9. The highest BCUT2D eigenvalue weighted by Crippen LogP contribution is 2.28. The fourth-order valence-electron chi connectivity index (χ4n) is 3.22. The molecule has 0 aliphatic carbocycles. The van der Waals surface area contributed by atoms with Crippen molar-refractivity contribution in [3.63, 3.8) is 0 Å². The molecule has 0 aliphatic heterocycles. The second-order valence-corrected chi connectivity index (χ2v) is 8.42. The van der Waals surface area contributed by atoms with E-state index in [1.54, 1.807) is 7.11 Å². The lowest BCUT2D eigenvalue weighted by atomic mass is 10.1. The van der Waals surface area contributed by atoms with Crippen molar-refractivity contribution < 1.29 is 9.53 Å². The highest BCUT2D eigenvalue weighted by Gasteiger charge is 2.20. The molecule has 0 saturated carbocycles. The van der Waals surface area contributed by atoms with Crippen LogP contribution in [0.5, 0.6) is 5.75 Å². The quantitative estimate of drug-likeness (QED) is 0.605. The topological polar surface area (TPSA) is 69.0 Å². The molecule has 1 atom stereocenters. The molecule has 1 heterocycles.